The van der Waals surface area contributed by atoms with Gasteiger partial charge in [0.2, 0.25) is 0 Å². The first-order valence-electron chi connectivity index (χ1n) is 3.08. The maximum Gasteiger partial charge on any atom is 0.433 e. The highest BCUT2D eigenvalue weighted by molar-refractivity contribution is 5.06. The highest BCUT2D eigenvalue weighted by Crippen LogP contribution is 2.26. The van der Waals surface area contributed by atoms with E-state index in [-0.39, 0.29) is 12.2 Å². The topological polar surface area (TPSA) is 25.8 Å². The number of hydrogen-bond donors (Lipinski definition) is 0. The van der Waals surface area contributed by atoms with Gasteiger partial charge in [-0.3, -0.25) is 0 Å². The third-order valence-electron chi connectivity index (χ3n) is 1.15. The Bertz CT molecular complexity index is 270. The molecule has 0 aromatic carbocycles. The molecule has 1 rings (SSSR count). The summed E-state index contributed by atoms with van der Waals surface area (Å²) in [4.78, 5) is 6.61. The van der Waals surface area contributed by atoms with E-state index in [4.69, 9.17) is 6.92 Å². The summed E-state index contributed by atoms with van der Waals surface area (Å²) in [6.07, 6.45) is -3.80. The molecule has 5 heteroatoms. The fourth-order valence-corrected chi connectivity index (χ4v) is 0.642. The van der Waals surface area contributed by atoms with Crippen LogP contribution in [-0.2, 0) is 12.6 Å². The molecule has 0 spiro atoms. The van der Waals surface area contributed by atoms with Gasteiger partial charge in [-0.1, -0.05) is 0 Å². The van der Waals surface area contributed by atoms with Crippen LogP contribution < -0.4 is 0 Å². The molecule has 1 heterocycles. The molecular formula is C7H4F3N2. The first-order valence-corrected chi connectivity index (χ1v) is 3.08. The van der Waals surface area contributed by atoms with Gasteiger partial charge in [0, 0.05) is 12.6 Å². The molecular weight excluding hydrogens is 169 g/mol. The number of nitrogens with zero attached hydrogens (tertiary/aromatic N) is 2. The Morgan fingerprint density at radius 1 is 1.42 bits per heavy atom. The van der Waals surface area contributed by atoms with Gasteiger partial charge in [0.15, 0.2) is 0 Å². The Kier molecular flexibility index (Phi) is 2.30. The molecule has 0 bridgehead atoms. The second-order valence-electron chi connectivity index (χ2n) is 2.03. The standard InChI is InChI=1S/C7H4F3N2/c1-2-6-11-4-3-5(12-6)7(8,9)10/h3-4H,2H2. The summed E-state index contributed by atoms with van der Waals surface area (Å²) in [6.45, 7) is 6.75. The minimum Gasteiger partial charge on any atom is -0.241 e. The second kappa shape index (κ2) is 3.08. The molecule has 0 saturated carbocycles. The second-order valence-corrected chi connectivity index (χ2v) is 2.03. The van der Waals surface area contributed by atoms with Crippen molar-refractivity contribution in [2.24, 2.45) is 0 Å². The zero-order chi connectivity index (χ0) is 9.19. The van der Waals surface area contributed by atoms with Crippen LogP contribution >= 0.6 is 0 Å². The monoisotopic (exact) mass is 173 g/mol. The van der Waals surface area contributed by atoms with Crippen LogP contribution in [0.2, 0.25) is 0 Å². The molecule has 0 fully saturated rings. The predicted molar refractivity (Wildman–Crippen MR) is 34.0 cm³/mol. The lowest BCUT2D eigenvalue weighted by atomic mass is 10.3. The van der Waals surface area contributed by atoms with Gasteiger partial charge < -0.3 is 0 Å². The summed E-state index contributed by atoms with van der Waals surface area (Å²) in [5, 5.41) is 0. The van der Waals surface area contributed by atoms with Crippen molar-refractivity contribution in [2.45, 2.75) is 12.6 Å². The summed E-state index contributed by atoms with van der Waals surface area (Å²) >= 11 is 0. The SMILES string of the molecule is [C]Cc1nccc(C(F)(F)F)n1. The Morgan fingerprint density at radius 3 is 2.58 bits per heavy atom. The normalized spacial score (nSPS) is 11.7. The molecule has 0 amide bonds. The molecule has 2 nitrogen and oxygen atoms in total. The van der Waals surface area contributed by atoms with Gasteiger partial charge >= 0.3 is 6.18 Å². The molecule has 0 unspecified atom stereocenters. The highest BCUT2D eigenvalue weighted by Gasteiger charge is 2.32. The third kappa shape index (κ3) is 1.93. The van der Waals surface area contributed by atoms with Crippen molar-refractivity contribution in [1.29, 1.82) is 0 Å². The minimum absolute atomic E-state index is 0.121. The summed E-state index contributed by atoms with van der Waals surface area (Å²) < 4.78 is 35.9. The highest BCUT2D eigenvalue weighted by atomic mass is 19.4. The summed E-state index contributed by atoms with van der Waals surface area (Å²) in [5.41, 5.74) is -1.00. The zero-order valence-corrected chi connectivity index (χ0v) is 5.89. The first-order chi connectivity index (χ1) is 5.54. The lowest BCUT2D eigenvalue weighted by Crippen LogP contribution is -2.09. The van der Waals surface area contributed by atoms with Crippen molar-refractivity contribution in [3.05, 3.63) is 30.7 Å². The van der Waals surface area contributed by atoms with E-state index in [0.717, 1.165) is 12.3 Å². The van der Waals surface area contributed by atoms with Gasteiger partial charge in [-0.15, -0.1) is 0 Å². The maximum absolute atomic E-state index is 12.0. The number of alkyl halides is 3. The number of hydrogen-bond acceptors (Lipinski definition) is 2. The van der Waals surface area contributed by atoms with Crippen LogP contribution in [0.1, 0.15) is 11.5 Å². The Hall–Kier alpha value is -1.13. The van der Waals surface area contributed by atoms with Gasteiger partial charge in [0.25, 0.3) is 0 Å². The molecule has 0 atom stereocenters. The van der Waals surface area contributed by atoms with Crippen molar-refractivity contribution in [2.75, 3.05) is 0 Å². The van der Waals surface area contributed by atoms with Gasteiger partial charge in [-0.25, -0.2) is 9.97 Å². The van der Waals surface area contributed by atoms with Crippen LogP contribution in [-0.4, -0.2) is 9.97 Å². The van der Waals surface area contributed by atoms with Crippen molar-refractivity contribution >= 4 is 0 Å². The fraction of sp³-hybridized carbons (Fsp3) is 0.286. The van der Waals surface area contributed by atoms with E-state index < -0.39 is 11.9 Å². The quantitative estimate of drug-likeness (QED) is 0.644. The van der Waals surface area contributed by atoms with E-state index in [0.29, 0.717) is 0 Å². The van der Waals surface area contributed by atoms with Gasteiger partial charge in [0.1, 0.15) is 11.5 Å². The molecule has 0 saturated heterocycles. The average Bonchev–Trinajstić information content (AvgIpc) is 2.03. The van der Waals surface area contributed by atoms with Gasteiger partial charge in [0.05, 0.1) is 0 Å². The van der Waals surface area contributed by atoms with Crippen LogP contribution in [0, 0.1) is 6.92 Å². The smallest absolute Gasteiger partial charge is 0.241 e. The molecule has 0 N–H and O–H groups in total. The largest absolute Gasteiger partial charge is 0.433 e. The fourth-order valence-electron chi connectivity index (χ4n) is 0.642. The molecule has 1 aromatic heterocycles. The molecule has 0 aliphatic carbocycles. The molecule has 0 aliphatic rings. The Balaban J connectivity index is 3.02. The first kappa shape index (κ1) is 8.96. The van der Waals surface area contributed by atoms with Crippen molar-refractivity contribution in [3.63, 3.8) is 0 Å². The van der Waals surface area contributed by atoms with Crippen molar-refractivity contribution in [3.8, 4) is 0 Å². The van der Waals surface area contributed by atoms with Crippen LogP contribution in [0.4, 0.5) is 13.2 Å². The van der Waals surface area contributed by atoms with E-state index in [9.17, 15) is 13.2 Å². The van der Waals surface area contributed by atoms with E-state index >= 15 is 0 Å². The number of aromatic nitrogens is 2. The van der Waals surface area contributed by atoms with E-state index in [2.05, 4.69) is 9.97 Å². The lowest BCUT2D eigenvalue weighted by Gasteiger charge is -2.05. The predicted octanol–water partition coefficient (Wildman–Crippen LogP) is 1.63. The van der Waals surface area contributed by atoms with Gasteiger partial charge in [-0.05, 0) is 13.0 Å². The zero-order valence-electron chi connectivity index (χ0n) is 5.89. The number of rotatable bonds is 1. The van der Waals surface area contributed by atoms with Gasteiger partial charge in [-0.2, -0.15) is 13.2 Å². The van der Waals surface area contributed by atoms with E-state index in [1.54, 1.807) is 0 Å². The summed E-state index contributed by atoms with van der Waals surface area (Å²) in [6, 6.07) is 0.777. The van der Waals surface area contributed by atoms with Crippen LogP contribution in [0.5, 0.6) is 0 Å². The van der Waals surface area contributed by atoms with Crippen LogP contribution in [0.3, 0.4) is 0 Å². The van der Waals surface area contributed by atoms with Crippen molar-refractivity contribution < 1.29 is 13.2 Å². The van der Waals surface area contributed by atoms with E-state index in [1.165, 1.54) is 0 Å². The van der Waals surface area contributed by atoms with Crippen molar-refractivity contribution in [1.82, 2.24) is 9.97 Å². The summed E-state index contributed by atoms with van der Waals surface area (Å²) in [7, 11) is 0. The Labute approximate surface area is 67.5 Å². The maximum atomic E-state index is 12.0. The number of halogens is 3. The summed E-state index contributed by atoms with van der Waals surface area (Å²) in [5.74, 6) is -0.121. The molecule has 63 valence electrons. The molecule has 3 radical (unpaired) electrons. The van der Waals surface area contributed by atoms with Crippen LogP contribution in [0.25, 0.3) is 0 Å². The molecule has 1 aromatic rings. The third-order valence-corrected chi connectivity index (χ3v) is 1.15. The molecule has 12 heavy (non-hydrogen) atoms. The lowest BCUT2D eigenvalue weighted by molar-refractivity contribution is -0.141. The minimum atomic E-state index is -4.45. The van der Waals surface area contributed by atoms with E-state index in [1.807, 2.05) is 0 Å². The average molecular weight is 173 g/mol. The van der Waals surface area contributed by atoms with Crippen LogP contribution in [0.15, 0.2) is 12.3 Å². The Morgan fingerprint density at radius 2 is 2.08 bits per heavy atom. The molecule has 0 aliphatic heterocycles.